The summed E-state index contributed by atoms with van der Waals surface area (Å²) in [6, 6.07) is 24.1. The van der Waals surface area contributed by atoms with Gasteiger partial charge in [-0.1, -0.05) is 62.9 Å². The fourth-order valence-corrected chi connectivity index (χ4v) is 4.86. The van der Waals surface area contributed by atoms with Crippen LogP contribution in [0.5, 0.6) is 0 Å². The molecule has 1 aromatic heterocycles. The van der Waals surface area contributed by atoms with Crippen LogP contribution in [0.1, 0.15) is 31.9 Å². The number of hydrogen-bond donors (Lipinski definition) is 0. The molecule has 1 aliphatic rings. The number of rotatable bonds is 2. The zero-order valence-corrected chi connectivity index (χ0v) is 16.1. The zero-order valence-electron chi connectivity index (χ0n) is 16.1. The van der Waals surface area contributed by atoms with Gasteiger partial charge in [-0.3, -0.25) is 0 Å². The first-order valence-corrected chi connectivity index (χ1v) is 9.51. The number of aromatic nitrogens is 1. The number of fused-ring (bicyclic) bond motifs is 4. The first-order chi connectivity index (χ1) is 13.0. The predicted molar refractivity (Wildman–Crippen MR) is 117 cm³/mol. The maximum absolute atomic E-state index is 4.08. The molecule has 0 unspecified atom stereocenters. The van der Waals surface area contributed by atoms with E-state index in [-0.39, 0.29) is 5.41 Å². The second-order valence-electron chi connectivity index (χ2n) is 7.97. The van der Waals surface area contributed by atoms with E-state index < -0.39 is 0 Å². The maximum Gasteiger partial charge on any atom is 0.0544 e. The summed E-state index contributed by atoms with van der Waals surface area (Å²) in [5.41, 5.74) is 9.14. The molecule has 3 aromatic carbocycles. The smallest absolute Gasteiger partial charge is 0.0544 e. The Bertz CT molecular complexity index is 1250. The predicted octanol–water partition coefficient (Wildman–Crippen LogP) is 7.03. The molecule has 132 valence electrons. The van der Waals surface area contributed by atoms with Crippen LogP contribution in [0.2, 0.25) is 0 Å². The van der Waals surface area contributed by atoms with E-state index in [9.17, 15) is 0 Å². The lowest BCUT2D eigenvalue weighted by atomic mass is 9.81. The summed E-state index contributed by atoms with van der Waals surface area (Å²) in [7, 11) is 0. The third-order valence-corrected chi connectivity index (χ3v) is 6.19. The van der Waals surface area contributed by atoms with Crippen molar-refractivity contribution >= 4 is 27.4 Å². The van der Waals surface area contributed by atoms with Crippen molar-refractivity contribution in [1.29, 1.82) is 0 Å². The minimum absolute atomic E-state index is 0.0205. The summed E-state index contributed by atoms with van der Waals surface area (Å²) in [6.07, 6.45) is 2.03. The molecule has 0 amide bonds. The monoisotopic (exact) mass is 349 g/mol. The van der Waals surface area contributed by atoms with Crippen molar-refractivity contribution in [3.8, 4) is 5.69 Å². The summed E-state index contributed by atoms with van der Waals surface area (Å²) in [5, 5.41) is 2.62. The number of hydrogen-bond acceptors (Lipinski definition) is 0. The first kappa shape index (κ1) is 16.1. The van der Waals surface area contributed by atoms with Gasteiger partial charge in [0.1, 0.15) is 0 Å². The summed E-state index contributed by atoms with van der Waals surface area (Å²) >= 11 is 0. The van der Waals surface area contributed by atoms with Crippen LogP contribution >= 0.6 is 0 Å². The standard InChI is InChI=1S/C26H23N/c1-5-22-17(2)20-15-21-19-13-9-10-14-24(19)27(18-11-7-6-8-12-18)25(21)16-23(20)26(22,3)4/h5-16H,1H2,2-4H3. The molecule has 5 rings (SSSR count). The SMILES string of the molecule is C=CC1=C(C)c2cc3c4ccccc4n(-c4ccccc4)c3cc2C1(C)C. The van der Waals surface area contributed by atoms with E-state index in [1.165, 1.54) is 49.8 Å². The van der Waals surface area contributed by atoms with Crippen molar-refractivity contribution in [2.24, 2.45) is 0 Å². The maximum atomic E-state index is 4.08. The van der Waals surface area contributed by atoms with Crippen molar-refractivity contribution < 1.29 is 0 Å². The largest absolute Gasteiger partial charge is 0.309 e. The summed E-state index contributed by atoms with van der Waals surface area (Å²) in [6.45, 7) is 10.9. The molecule has 0 N–H and O–H groups in total. The Kier molecular flexibility index (Phi) is 3.27. The van der Waals surface area contributed by atoms with Crippen molar-refractivity contribution in [2.75, 3.05) is 0 Å². The van der Waals surface area contributed by atoms with Gasteiger partial charge in [-0.25, -0.2) is 0 Å². The van der Waals surface area contributed by atoms with E-state index in [4.69, 9.17) is 0 Å². The molecule has 0 atom stereocenters. The van der Waals surface area contributed by atoms with Gasteiger partial charge < -0.3 is 4.57 Å². The quantitative estimate of drug-likeness (QED) is 0.366. The van der Waals surface area contributed by atoms with Crippen LogP contribution in [0, 0.1) is 0 Å². The van der Waals surface area contributed by atoms with Crippen molar-refractivity contribution in [3.05, 3.63) is 96.1 Å². The molecule has 0 saturated heterocycles. The van der Waals surface area contributed by atoms with E-state index in [1.54, 1.807) is 0 Å². The molecule has 1 nitrogen and oxygen atoms in total. The second kappa shape index (κ2) is 5.47. The van der Waals surface area contributed by atoms with Gasteiger partial charge in [0, 0.05) is 21.9 Å². The number of benzene rings is 3. The van der Waals surface area contributed by atoms with E-state index in [1.807, 2.05) is 6.08 Å². The molecule has 27 heavy (non-hydrogen) atoms. The molecule has 0 spiro atoms. The molecule has 1 aliphatic carbocycles. The Balaban J connectivity index is 1.95. The van der Waals surface area contributed by atoms with Crippen LogP contribution in [0.25, 0.3) is 33.1 Å². The topological polar surface area (TPSA) is 4.93 Å². The van der Waals surface area contributed by atoms with E-state index in [0.29, 0.717) is 0 Å². The van der Waals surface area contributed by atoms with Crippen LogP contribution < -0.4 is 0 Å². The van der Waals surface area contributed by atoms with Gasteiger partial charge in [0.05, 0.1) is 11.0 Å². The molecular weight excluding hydrogens is 326 g/mol. The molecule has 0 radical (unpaired) electrons. The van der Waals surface area contributed by atoms with Crippen molar-refractivity contribution in [3.63, 3.8) is 0 Å². The van der Waals surface area contributed by atoms with Gasteiger partial charge in [0.2, 0.25) is 0 Å². The number of para-hydroxylation sites is 2. The molecule has 1 heterocycles. The van der Waals surface area contributed by atoms with Gasteiger partial charge in [-0.2, -0.15) is 0 Å². The third-order valence-electron chi connectivity index (χ3n) is 6.19. The van der Waals surface area contributed by atoms with Crippen LogP contribution in [0.4, 0.5) is 0 Å². The minimum Gasteiger partial charge on any atom is -0.309 e. The van der Waals surface area contributed by atoms with Gasteiger partial charge in [-0.05, 0) is 59.5 Å². The lowest BCUT2D eigenvalue weighted by Crippen LogP contribution is -2.16. The lowest BCUT2D eigenvalue weighted by Gasteiger charge is -2.23. The average Bonchev–Trinajstić information content (AvgIpc) is 3.10. The normalized spacial score (nSPS) is 15.5. The van der Waals surface area contributed by atoms with Gasteiger partial charge in [0.25, 0.3) is 0 Å². The van der Waals surface area contributed by atoms with Crippen LogP contribution in [-0.2, 0) is 5.41 Å². The Morgan fingerprint density at radius 3 is 2.30 bits per heavy atom. The van der Waals surface area contributed by atoms with Crippen LogP contribution in [-0.4, -0.2) is 4.57 Å². The highest BCUT2D eigenvalue weighted by Gasteiger charge is 2.35. The van der Waals surface area contributed by atoms with Crippen molar-refractivity contribution in [1.82, 2.24) is 4.57 Å². The average molecular weight is 349 g/mol. The highest BCUT2D eigenvalue weighted by Crippen LogP contribution is 2.48. The van der Waals surface area contributed by atoms with Gasteiger partial charge >= 0.3 is 0 Å². The van der Waals surface area contributed by atoms with Gasteiger partial charge in [-0.15, -0.1) is 0 Å². The van der Waals surface area contributed by atoms with Gasteiger partial charge in [0.15, 0.2) is 0 Å². The zero-order chi connectivity index (χ0) is 18.8. The number of allylic oxidation sites excluding steroid dienone is 3. The Hall–Kier alpha value is -3.06. The minimum atomic E-state index is -0.0205. The van der Waals surface area contributed by atoms with E-state index in [2.05, 4.69) is 98.6 Å². The number of nitrogens with zero attached hydrogens (tertiary/aromatic N) is 1. The lowest BCUT2D eigenvalue weighted by molar-refractivity contribution is 0.655. The fraction of sp³-hybridized carbons (Fsp3) is 0.154. The Morgan fingerprint density at radius 2 is 1.56 bits per heavy atom. The molecule has 0 saturated carbocycles. The highest BCUT2D eigenvalue weighted by molar-refractivity contribution is 6.11. The van der Waals surface area contributed by atoms with Crippen LogP contribution in [0.3, 0.4) is 0 Å². The highest BCUT2D eigenvalue weighted by atomic mass is 15.0. The first-order valence-electron chi connectivity index (χ1n) is 9.51. The summed E-state index contributed by atoms with van der Waals surface area (Å²) < 4.78 is 2.39. The molecule has 1 heteroatoms. The summed E-state index contributed by atoms with van der Waals surface area (Å²) in [5.74, 6) is 0. The second-order valence-corrected chi connectivity index (χ2v) is 7.97. The summed E-state index contributed by atoms with van der Waals surface area (Å²) in [4.78, 5) is 0. The molecule has 0 aliphatic heterocycles. The molecule has 4 aromatic rings. The molecule has 0 fully saturated rings. The van der Waals surface area contributed by atoms with E-state index >= 15 is 0 Å². The third kappa shape index (κ3) is 2.06. The Labute approximate surface area is 160 Å². The van der Waals surface area contributed by atoms with Crippen LogP contribution in [0.15, 0.2) is 85.0 Å². The molecular formula is C26H23N. The van der Waals surface area contributed by atoms with Crippen molar-refractivity contribution in [2.45, 2.75) is 26.2 Å². The van der Waals surface area contributed by atoms with E-state index in [0.717, 1.165) is 0 Å². The molecule has 0 bridgehead atoms. The fourth-order valence-electron chi connectivity index (χ4n) is 4.86. The Morgan fingerprint density at radius 1 is 0.852 bits per heavy atom.